The summed E-state index contributed by atoms with van der Waals surface area (Å²) in [5.41, 5.74) is 0.703. The predicted molar refractivity (Wildman–Crippen MR) is 86.2 cm³/mol. The van der Waals surface area contributed by atoms with Crippen LogP contribution in [0.25, 0.3) is 0 Å². The Labute approximate surface area is 138 Å². The zero-order valence-corrected chi connectivity index (χ0v) is 13.9. The Morgan fingerprint density at radius 1 is 1.09 bits per heavy atom. The van der Waals surface area contributed by atoms with E-state index in [1.807, 2.05) is 0 Å². The Balaban J connectivity index is 1.60. The van der Waals surface area contributed by atoms with Gasteiger partial charge >= 0.3 is 0 Å². The zero-order chi connectivity index (χ0) is 16.3. The van der Waals surface area contributed by atoms with E-state index in [0.29, 0.717) is 44.0 Å². The highest BCUT2D eigenvalue weighted by Gasteiger charge is 2.24. The Bertz CT molecular complexity index is 436. The van der Waals surface area contributed by atoms with Gasteiger partial charge in [-0.2, -0.15) is 0 Å². The maximum Gasteiger partial charge on any atom is 0.131 e. The Morgan fingerprint density at radius 2 is 1.83 bits per heavy atom. The van der Waals surface area contributed by atoms with Crippen LogP contribution in [0.3, 0.4) is 0 Å². The summed E-state index contributed by atoms with van der Waals surface area (Å²) in [4.78, 5) is 8.80. The molecule has 0 amide bonds. The molecule has 1 heterocycles. The van der Waals surface area contributed by atoms with Gasteiger partial charge in [-0.15, -0.1) is 0 Å². The molecule has 130 valence electrons. The van der Waals surface area contributed by atoms with E-state index in [1.165, 1.54) is 0 Å². The second-order valence-corrected chi connectivity index (χ2v) is 5.96. The Kier molecular flexibility index (Phi) is 8.46. The van der Waals surface area contributed by atoms with Crippen molar-refractivity contribution in [3.05, 3.63) is 23.8 Å². The lowest BCUT2D eigenvalue weighted by atomic mass is 9.82. The molecule has 1 aromatic rings. The molecule has 1 N–H and O–H groups in total. The molecule has 0 bridgehead atoms. The number of hydrogen-bond acceptors (Lipinski definition) is 6. The van der Waals surface area contributed by atoms with E-state index in [4.69, 9.17) is 19.3 Å². The van der Waals surface area contributed by atoms with Gasteiger partial charge in [0.2, 0.25) is 0 Å². The number of methoxy groups -OCH3 is 1. The summed E-state index contributed by atoms with van der Waals surface area (Å²) >= 11 is 0. The molecule has 0 radical (unpaired) electrons. The van der Waals surface area contributed by atoms with Crippen molar-refractivity contribution in [2.75, 3.05) is 40.1 Å². The van der Waals surface area contributed by atoms with Crippen LogP contribution in [0, 0.1) is 5.92 Å². The third-order valence-electron chi connectivity index (χ3n) is 4.26. The van der Waals surface area contributed by atoms with Crippen LogP contribution < -0.4 is 0 Å². The third-order valence-corrected chi connectivity index (χ3v) is 4.26. The SMILES string of the molecule is COCCOCCOCC1CCC(c2nccc(CO)n2)CC1. The standard InChI is InChI=1S/C17H28N2O4/c1-21-8-9-22-10-11-23-13-14-2-4-15(5-3-14)17-18-7-6-16(12-20)19-17/h6-7,14-15,20H,2-5,8-13H2,1H3. The molecule has 1 aromatic heterocycles. The smallest absolute Gasteiger partial charge is 0.131 e. The average molecular weight is 324 g/mol. The van der Waals surface area contributed by atoms with Gasteiger partial charge in [-0.05, 0) is 37.7 Å². The fourth-order valence-electron chi connectivity index (χ4n) is 2.90. The van der Waals surface area contributed by atoms with Gasteiger partial charge in [0.25, 0.3) is 0 Å². The van der Waals surface area contributed by atoms with Crippen LogP contribution in [0.4, 0.5) is 0 Å². The fraction of sp³-hybridized carbons (Fsp3) is 0.765. The van der Waals surface area contributed by atoms with Crippen molar-refractivity contribution in [3.63, 3.8) is 0 Å². The molecule has 2 rings (SSSR count). The molecule has 0 aliphatic heterocycles. The van der Waals surface area contributed by atoms with E-state index < -0.39 is 0 Å². The van der Waals surface area contributed by atoms with Crippen LogP contribution in [0.5, 0.6) is 0 Å². The van der Waals surface area contributed by atoms with Crippen LogP contribution in [0.1, 0.15) is 43.1 Å². The second-order valence-electron chi connectivity index (χ2n) is 5.96. The molecule has 6 nitrogen and oxygen atoms in total. The highest BCUT2D eigenvalue weighted by atomic mass is 16.5. The molecule has 0 unspecified atom stereocenters. The van der Waals surface area contributed by atoms with Crippen molar-refractivity contribution in [1.82, 2.24) is 9.97 Å². The van der Waals surface area contributed by atoms with Crippen molar-refractivity contribution < 1.29 is 19.3 Å². The number of aliphatic hydroxyl groups is 1. The largest absolute Gasteiger partial charge is 0.390 e. The summed E-state index contributed by atoms with van der Waals surface area (Å²) in [6, 6.07) is 1.76. The molecule has 1 saturated carbocycles. The maximum absolute atomic E-state index is 9.17. The number of nitrogens with zero attached hydrogens (tertiary/aromatic N) is 2. The van der Waals surface area contributed by atoms with Gasteiger partial charge in [-0.1, -0.05) is 0 Å². The summed E-state index contributed by atoms with van der Waals surface area (Å²) in [6.07, 6.45) is 6.21. The molecule has 1 aliphatic rings. The summed E-state index contributed by atoms with van der Waals surface area (Å²) in [5, 5.41) is 9.17. The van der Waals surface area contributed by atoms with Crippen LogP contribution >= 0.6 is 0 Å². The minimum absolute atomic E-state index is 0.0227. The number of ether oxygens (including phenoxy) is 3. The lowest BCUT2D eigenvalue weighted by Crippen LogP contribution is -2.20. The van der Waals surface area contributed by atoms with E-state index in [2.05, 4.69) is 9.97 Å². The predicted octanol–water partition coefficient (Wildman–Crippen LogP) is 1.92. The van der Waals surface area contributed by atoms with E-state index in [9.17, 15) is 0 Å². The van der Waals surface area contributed by atoms with Crippen molar-refractivity contribution >= 4 is 0 Å². The molecule has 23 heavy (non-hydrogen) atoms. The van der Waals surface area contributed by atoms with Gasteiger partial charge in [0.05, 0.1) is 38.7 Å². The molecule has 1 aliphatic carbocycles. The first-order chi connectivity index (χ1) is 11.3. The van der Waals surface area contributed by atoms with E-state index in [-0.39, 0.29) is 6.61 Å². The van der Waals surface area contributed by atoms with Crippen molar-refractivity contribution in [2.24, 2.45) is 5.92 Å². The summed E-state index contributed by atoms with van der Waals surface area (Å²) in [5.74, 6) is 1.91. The van der Waals surface area contributed by atoms with Gasteiger partial charge in [0, 0.05) is 25.8 Å². The van der Waals surface area contributed by atoms with Crippen molar-refractivity contribution in [2.45, 2.75) is 38.2 Å². The zero-order valence-electron chi connectivity index (χ0n) is 13.9. The van der Waals surface area contributed by atoms with Crippen molar-refractivity contribution in [1.29, 1.82) is 0 Å². The molecular formula is C17H28N2O4. The average Bonchev–Trinajstić information content (AvgIpc) is 2.61. The number of aliphatic hydroxyl groups excluding tert-OH is 1. The lowest BCUT2D eigenvalue weighted by molar-refractivity contribution is 0.0112. The molecular weight excluding hydrogens is 296 g/mol. The van der Waals surface area contributed by atoms with Crippen molar-refractivity contribution in [3.8, 4) is 0 Å². The van der Waals surface area contributed by atoms with Gasteiger partial charge in [0.1, 0.15) is 5.82 Å². The summed E-state index contributed by atoms with van der Waals surface area (Å²) in [7, 11) is 1.67. The topological polar surface area (TPSA) is 73.7 Å². The first-order valence-corrected chi connectivity index (χ1v) is 8.40. The first-order valence-electron chi connectivity index (χ1n) is 8.40. The van der Waals surface area contributed by atoms with Gasteiger partial charge in [-0.25, -0.2) is 9.97 Å². The number of aromatic nitrogens is 2. The monoisotopic (exact) mass is 324 g/mol. The van der Waals surface area contributed by atoms with E-state index in [1.54, 1.807) is 19.4 Å². The van der Waals surface area contributed by atoms with Gasteiger partial charge < -0.3 is 19.3 Å². The normalized spacial score (nSPS) is 21.5. The molecule has 1 fully saturated rings. The second kappa shape index (κ2) is 10.6. The van der Waals surface area contributed by atoms with E-state index in [0.717, 1.165) is 38.1 Å². The van der Waals surface area contributed by atoms with Crippen LogP contribution in [0.2, 0.25) is 0 Å². The minimum atomic E-state index is -0.0227. The van der Waals surface area contributed by atoms with Crippen LogP contribution in [-0.2, 0) is 20.8 Å². The van der Waals surface area contributed by atoms with Crippen LogP contribution in [-0.4, -0.2) is 55.2 Å². The summed E-state index contributed by atoms with van der Waals surface area (Å²) < 4.78 is 16.0. The number of hydrogen-bond donors (Lipinski definition) is 1. The molecule has 0 saturated heterocycles. The lowest BCUT2D eigenvalue weighted by Gasteiger charge is -2.27. The fourth-order valence-corrected chi connectivity index (χ4v) is 2.90. The quantitative estimate of drug-likeness (QED) is 0.663. The third kappa shape index (κ3) is 6.51. The highest BCUT2D eigenvalue weighted by Crippen LogP contribution is 2.34. The minimum Gasteiger partial charge on any atom is -0.390 e. The Hall–Kier alpha value is -1.08. The number of rotatable bonds is 10. The molecule has 0 spiro atoms. The molecule has 6 heteroatoms. The molecule has 0 atom stereocenters. The van der Waals surface area contributed by atoms with E-state index >= 15 is 0 Å². The van der Waals surface area contributed by atoms with Gasteiger partial charge in [0.15, 0.2) is 0 Å². The van der Waals surface area contributed by atoms with Gasteiger partial charge in [-0.3, -0.25) is 0 Å². The Morgan fingerprint density at radius 3 is 2.57 bits per heavy atom. The first kappa shape index (κ1) is 18.3. The van der Waals surface area contributed by atoms with Crippen LogP contribution in [0.15, 0.2) is 12.3 Å². The molecule has 0 aromatic carbocycles. The summed E-state index contributed by atoms with van der Waals surface area (Å²) in [6.45, 7) is 3.30. The maximum atomic E-state index is 9.17. The highest BCUT2D eigenvalue weighted by molar-refractivity contribution is 5.05.